The maximum atomic E-state index is 12.0. The van der Waals surface area contributed by atoms with Crippen LogP contribution in [0.2, 0.25) is 0 Å². The van der Waals surface area contributed by atoms with Gasteiger partial charge < -0.3 is 15.5 Å². The molecule has 0 saturated carbocycles. The highest BCUT2D eigenvalue weighted by Gasteiger charge is 2.14. The lowest BCUT2D eigenvalue weighted by atomic mass is 10.1. The van der Waals surface area contributed by atoms with Crippen LogP contribution < -0.4 is 10.6 Å². The number of carbonyl (C=O) groups excluding carboxylic acids is 1. The first kappa shape index (κ1) is 20.4. The fourth-order valence-electron chi connectivity index (χ4n) is 2.38. The van der Waals surface area contributed by atoms with Crippen molar-refractivity contribution in [3.8, 4) is 0 Å². The largest absolute Gasteiger partial charge is 0.355 e. The third kappa shape index (κ3) is 10.7. The molecule has 0 rings (SSSR count). The van der Waals surface area contributed by atoms with Crippen LogP contribution in [0.1, 0.15) is 60.8 Å². The van der Waals surface area contributed by atoms with Gasteiger partial charge in [-0.25, -0.2) is 0 Å². The van der Waals surface area contributed by atoms with Gasteiger partial charge in [0, 0.05) is 12.6 Å². The third-order valence-electron chi connectivity index (χ3n) is 3.95. The molecule has 0 aliphatic carbocycles. The zero-order valence-corrected chi connectivity index (χ0v) is 15.0. The molecule has 0 fully saturated rings. The highest BCUT2D eigenvalue weighted by Crippen LogP contribution is 2.01. The fraction of sp³-hybridized carbons (Fsp3) is 0.941. The SMILES string of the molecule is CCN(CC)CCCC(C)NC(C)C(=O)NCCC(C)C. The number of nitrogens with one attached hydrogen (secondary N) is 2. The number of carbonyl (C=O) groups is 1. The number of nitrogens with zero attached hydrogens (tertiary/aromatic N) is 1. The molecular weight excluding hydrogens is 262 g/mol. The molecule has 0 aromatic carbocycles. The Morgan fingerprint density at radius 2 is 1.67 bits per heavy atom. The Morgan fingerprint density at radius 3 is 2.19 bits per heavy atom. The molecular formula is C17H37N3O. The van der Waals surface area contributed by atoms with Crippen molar-refractivity contribution in [2.24, 2.45) is 5.92 Å². The van der Waals surface area contributed by atoms with Crippen molar-refractivity contribution in [3.05, 3.63) is 0 Å². The van der Waals surface area contributed by atoms with Crippen molar-refractivity contribution in [2.45, 2.75) is 72.9 Å². The highest BCUT2D eigenvalue weighted by atomic mass is 16.2. The molecule has 0 aliphatic rings. The van der Waals surface area contributed by atoms with Crippen molar-refractivity contribution in [1.29, 1.82) is 0 Å². The van der Waals surface area contributed by atoms with Crippen LogP contribution in [0.4, 0.5) is 0 Å². The summed E-state index contributed by atoms with van der Waals surface area (Å²) in [6.45, 7) is 17.0. The van der Waals surface area contributed by atoms with Crippen LogP contribution in [0.25, 0.3) is 0 Å². The van der Waals surface area contributed by atoms with Crippen LogP contribution in [0.3, 0.4) is 0 Å². The van der Waals surface area contributed by atoms with E-state index in [-0.39, 0.29) is 11.9 Å². The Labute approximate surface area is 132 Å². The average molecular weight is 300 g/mol. The molecule has 0 saturated heterocycles. The molecule has 1 amide bonds. The Kier molecular flexibility index (Phi) is 11.6. The molecule has 0 aromatic rings. The van der Waals surface area contributed by atoms with Gasteiger partial charge >= 0.3 is 0 Å². The van der Waals surface area contributed by atoms with Gasteiger partial charge in [-0.05, 0) is 58.7 Å². The summed E-state index contributed by atoms with van der Waals surface area (Å²) >= 11 is 0. The van der Waals surface area contributed by atoms with Crippen LogP contribution in [-0.2, 0) is 4.79 Å². The van der Waals surface area contributed by atoms with Gasteiger partial charge in [-0.2, -0.15) is 0 Å². The highest BCUT2D eigenvalue weighted by molar-refractivity contribution is 5.81. The molecule has 4 heteroatoms. The standard InChI is InChI=1S/C17H37N3O/c1-7-20(8-2)13-9-10-15(5)19-16(6)17(21)18-12-11-14(3)4/h14-16,19H,7-13H2,1-6H3,(H,18,21). The Balaban J connectivity index is 3.81. The molecule has 2 unspecified atom stereocenters. The lowest BCUT2D eigenvalue weighted by Crippen LogP contribution is -2.46. The summed E-state index contributed by atoms with van der Waals surface area (Å²) in [5, 5.41) is 6.40. The Morgan fingerprint density at radius 1 is 1.05 bits per heavy atom. The van der Waals surface area contributed by atoms with E-state index in [0.717, 1.165) is 39.0 Å². The summed E-state index contributed by atoms with van der Waals surface area (Å²) in [6, 6.07) is 0.270. The molecule has 2 N–H and O–H groups in total. The molecule has 126 valence electrons. The number of rotatable bonds is 12. The second-order valence-electron chi connectivity index (χ2n) is 6.43. The van der Waals surface area contributed by atoms with Gasteiger partial charge in [-0.1, -0.05) is 27.7 Å². The molecule has 21 heavy (non-hydrogen) atoms. The number of hydrogen-bond acceptors (Lipinski definition) is 3. The quantitative estimate of drug-likeness (QED) is 0.582. The molecule has 0 bridgehead atoms. The van der Waals surface area contributed by atoms with Crippen LogP contribution >= 0.6 is 0 Å². The third-order valence-corrected chi connectivity index (χ3v) is 3.95. The second-order valence-corrected chi connectivity index (χ2v) is 6.43. The summed E-state index contributed by atoms with van der Waals surface area (Å²) in [6.07, 6.45) is 3.33. The smallest absolute Gasteiger partial charge is 0.236 e. The van der Waals surface area contributed by atoms with E-state index in [1.807, 2.05) is 6.92 Å². The molecule has 0 aliphatic heterocycles. The zero-order chi connectivity index (χ0) is 16.3. The van der Waals surface area contributed by atoms with Gasteiger partial charge in [0.25, 0.3) is 0 Å². The average Bonchev–Trinajstić information content (AvgIpc) is 2.43. The first-order valence-electron chi connectivity index (χ1n) is 8.66. The first-order valence-corrected chi connectivity index (χ1v) is 8.66. The van der Waals surface area contributed by atoms with Gasteiger partial charge in [-0.3, -0.25) is 4.79 Å². The maximum Gasteiger partial charge on any atom is 0.236 e. The molecule has 0 radical (unpaired) electrons. The summed E-state index contributed by atoms with van der Waals surface area (Å²) < 4.78 is 0. The first-order chi connectivity index (χ1) is 9.90. The van der Waals surface area contributed by atoms with Gasteiger partial charge in [0.1, 0.15) is 0 Å². The van der Waals surface area contributed by atoms with Gasteiger partial charge in [0.2, 0.25) is 5.91 Å². The summed E-state index contributed by atoms with van der Waals surface area (Å²) in [7, 11) is 0. The van der Waals surface area contributed by atoms with Crippen molar-refractivity contribution >= 4 is 5.91 Å². The van der Waals surface area contributed by atoms with Crippen LogP contribution in [0.15, 0.2) is 0 Å². The fourth-order valence-corrected chi connectivity index (χ4v) is 2.38. The predicted octanol–water partition coefficient (Wildman–Crippen LogP) is 2.64. The second kappa shape index (κ2) is 12.0. The lowest BCUT2D eigenvalue weighted by Gasteiger charge is -2.22. The van der Waals surface area contributed by atoms with E-state index in [9.17, 15) is 4.79 Å². The monoisotopic (exact) mass is 299 g/mol. The summed E-state index contributed by atoms with van der Waals surface area (Å²) in [5.74, 6) is 0.749. The predicted molar refractivity (Wildman–Crippen MR) is 91.5 cm³/mol. The molecule has 0 heterocycles. The molecule has 0 spiro atoms. The minimum absolute atomic E-state index is 0.111. The Bertz CT molecular complexity index is 265. The van der Waals surface area contributed by atoms with E-state index in [0.29, 0.717) is 12.0 Å². The zero-order valence-electron chi connectivity index (χ0n) is 15.0. The van der Waals surface area contributed by atoms with Crippen LogP contribution in [0.5, 0.6) is 0 Å². The van der Waals surface area contributed by atoms with Gasteiger partial charge in [0.15, 0.2) is 0 Å². The number of amides is 1. The molecule has 0 aromatic heterocycles. The van der Waals surface area contributed by atoms with Gasteiger partial charge in [-0.15, -0.1) is 0 Å². The van der Waals surface area contributed by atoms with E-state index < -0.39 is 0 Å². The van der Waals surface area contributed by atoms with Crippen LogP contribution in [-0.4, -0.2) is 49.1 Å². The normalized spacial score (nSPS) is 14.5. The van der Waals surface area contributed by atoms with Crippen molar-refractivity contribution in [2.75, 3.05) is 26.2 Å². The van der Waals surface area contributed by atoms with E-state index in [1.165, 1.54) is 6.42 Å². The number of hydrogen-bond donors (Lipinski definition) is 2. The summed E-state index contributed by atoms with van der Waals surface area (Å²) in [5.41, 5.74) is 0. The van der Waals surface area contributed by atoms with E-state index in [1.54, 1.807) is 0 Å². The maximum absolute atomic E-state index is 12.0. The van der Waals surface area contributed by atoms with E-state index in [2.05, 4.69) is 50.2 Å². The van der Waals surface area contributed by atoms with Crippen molar-refractivity contribution in [1.82, 2.24) is 15.5 Å². The topological polar surface area (TPSA) is 44.4 Å². The van der Waals surface area contributed by atoms with Crippen molar-refractivity contribution < 1.29 is 4.79 Å². The lowest BCUT2D eigenvalue weighted by molar-refractivity contribution is -0.122. The van der Waals surface area contributed by atoms with Crippen molar-refractivity contribution in [3.63, 3.8) is 0 Å². The van der Waals surface area contributed by atoms with E-state index in [4.69, 9.17) is 0 Å². The molecule has 4 nitrogen and oxygen atoms in total. The van der Waals surface area contributed by atoms with E-state index >= 15 is 0 Å². The Hall–Kier alpha value is -0.610. The minimum Gasteiger partial charge on any atom is -0.355 e. The minimum atomic E-state index is -0.111. The van der Waals surface area contributed by atoms with Gasteiger partial charge in [0.05, 0.1) is 6.04 Å². The van der Waals surface area contributed by atoms with Crippen LogP contribution in [0, 0.1) is 5.92 Å². The summed E-state index contributed by atoms with van der Waals surface area (Å²) in [4.78, 5) is 14.4. The molecule has 2 atom stereocenters.